The second-order valence-electron chi connectivity index (χ2n) is 4.60. The van der Waals surface area contributed by atoms with Crippen LogP contribution < -0.4 is 21.1 Å². The van der Waals surface area contributed by atoms with Gasteiger partial charge in [-0.15, -0.1) is 0 Å². The highest BCUT2D eigenvalue weighted by Crippen LogP contribution is 2.14. The molecule has 8 heteroatoms. The Labute approximate surface area is 111 Å². The highest BCUT2D eigenvalue weighted by atomic mass is 16.5. The number of nitrogens with two attached hydrogens (primary N) is 1. The van der Waals surface area contributed by atoms with Crippen molar-refractivity contribution >= 4 is 17.8 Å². The standard InChI is InChI=1S/C11H18N6O2/c1-6(2)19-11-16-9(12)15-10(17-11)14-7-4-3-5-13-8(7)18/h6-7H,3-5H2,1-2H3,(H,13,18)(H3,12,14,15,16,17). The van der Waals surface area contributed by atoms with E-state index in [1.165, 1.54) is 0 Å². The van der Waals surface area contributed by atoms with Gasteiger partial charge < -0.3 is 21.1 Å². The minimum absolute atomic E-state index is 0.0587. The van der Waals surface area contributed by atoms with Crippen molar-refractivity contribution in [3.63, 3.8) is 0 Å². The van der Waals surface area contributed by atoms with Crippen LogP contribution in [0.15, 0.2) is 0 Å². The molecular weight excluding hydrogens is 248 g/mol. The Morgan fingerprint density at radius 1 is 1.42 bits per heavy atom. The molecule has 1 aliphatic heterocycles. The molecule has 1 unspecified atom stereocenters. The van der Waals surface area contributed by atoms with Crippen LogP contribution in [0.25, 0.3) is 0 Å². The summed E-state index contributed by atoms with van der Waals surface area (Å²) in [7, 11) is 0. The second kappa shape index (κ2) is 5.68. The number of anilines is 2. The maximum Gasteiger partial charge on any atom is 0.323 e. The van der Waals surface area contributed by atoms with Crippen LogP contribution in [0.5, 0.6) is 6.01 Å². The fourth-order valence-corrected chi connectivity index (χ4v) is 1.77. The van der Waals surface area contributed by atoms with E-state index in [1.54, 1.807) is 0 Å². The van der Waals surface area contributed by atoms with Crippen molar-refractivity contribution in [1.82, 2.24) is 20.3 Å². The summed E-state index contributed by atoms with van der Waals surface area (Å²) in [5.41, 5.74) is 5.59. The fourth-order valence-electron chi connectivity index (χ4n) is 1.77. The molecule has 0 aromatic carbocycles. The molecule has 4 N–H and O–H groups in total. The first-order chi connectivity index (χ1) is 9.04. The molecule has 1 aromatic rings. The van der Waals surface area contributed by atoms with Crippen molar-refractivity contribution in [3.8, 4) is 6.01 Å². The number of hydrogen-bond acceptors (Lipinski definition) is 7. The van der Waals surface area contributed by atoms with Gasteiger partial charge in [-0.25, -0.2) is 0 Å². The molecule has 1 amide bonds. The minimum atomic E-state index is -0.345. The zero-order valence-electron chi connectivity index (χ0n) is 11.0. The van der Waals surface area contributed by atoms with Crippen molar-refractivity contribution in [2.24, 2.45) is 0 Å². The summed E-state index contributed by atoms with van der Waals surface area (Å²) < 4.78 is 5.37. The normalized spacial score (nSPS) is 19.1. The van der Waals surface area contributed by atoms with Crippen LogP contribution in [0.2, 0.25) is 0 Å². The van der Waals surface area contributed by atoms with Crippen LogP contribution in [0, 0.1) is 0 Å². The van der Waals surface area contributed by atoms with Gasteiger partial charge >= 0.3 is 6.01 Å². The first-order valence-corrected chi connectivity index (χ1v) is 6.27. The summed E-state index contributed by atoms with van der Waals surface area (Å²) in [6.45, 7) is 4.43. The van der Waals surface area contributed by atoms with Crippen molar-refractivity contribution in [3.05, 3.63) is 0 Å². The van der Waals surface area contributed by atoms with E-state index in [0.717, 1.165) is 12.8 Å². The lowest BCUT2D eigenvalue weighted by atomic mass is 10.1. The highest BCUT2D eigenvalue weighted by Gasteiger charge is 2.23. The third-order valence-electron chi connectivity index (χ3n) is 2.56. The Bertz CT molecular complexity index is 464. The summed E-state index contributed by atoms with van der Waals surface area (Å²) in [4.78, 5) is 23.6. The molecule has 2 rings (SSSR count). The number of nitrogens with one attached hydrogen (secondary N) is 2. The molecule has 0 saturated carbocycles. The van der Waals surface area contributed by atoms with E-state index in [9.17, 15) is 4.79 Å². The van der Waals surface area contributed by atoms with E-state index >= 15 is 0 Å². The predicted octanol–water partition coefficient (Wildman–Crippen LogP) is -0.0685. The molecule has 1 aromatic heterocycles. The third kappa shape index (κ3) is 3.67. The van der Waals surface area contributed by atoms with Crippen molar-refractivity contribution in [2.45, 2.75) is 38.8 Å². The lowest BCUT2D eigenvalue weighted by Gasteiger charge is -2.22. The third-order valence-corrected chi connectivity index (χ3v) is 2.56. The number of piperidine rings is 1. The van der Waals surface area contributed by atoms with Gasteiger partial charge in [-0.1, -0.05) is 0 Å². The van der Waals surface area contributed by atoms with E-state index in [4.69, 9.17) is 10.5 Å². The Balaban J connectivity index is 2.10. The molecule has 1 atom stereocenters. The van der Waals surface area contributed by atoms with Gasteiger partial charge in [0.1, 0.15) is 6.04 Å². The molecule has 19 heavy (non-hydrogen) atoms. The summed E-state index contributed by atoms with van der Waals surface area (Å²) in [5, 5.41) is 5.73. The number of hydrogen-bond donors (Lipinski definition) is 3. The first kappa shape index (κ1) is 13.3. The van der Waals surface area contributed by atoms with Crippen LogP contribution in [0.1, 0.15) is 26.7 Å². The van der Waals surface area contributed by atoms with Crippen molar-refractivity contribution < 1.29 is 9.53 Å². The number of nitrogen functional groups attached to an aromatic ring is 1. The van der Waals surface area contributed by atoms with Gasteiger partial charge in [0.2, 0.25) is 17.8 Å². The van der Waals surface area contributed by atoms with Gasteiger partial charge in [0.05, 0.1) is 6.10 Å². The van der Waals surface area contributed by atoms with E-state index in [-0.39, 0.29) is 36.0 Å². The molecule has 2 heterocycles. The largest absolute Gasteiger partial charge is 0.461 e. The molecular formula is C11H18N6O2. The Morgan fingerprint density at radius 3 is 2.89 bits per heavy atom. The Hall–Kier alpha value is -2.12. The molecule has 0 aliphatic carbocycles. The molecule has 1 aliphatic rings. The summed E-state index contributed by atoms with van der Waals surface area (Å²) in [6.07, 6.45) is 1.59. The van der Waals surface area contributed by atoms with Crippen LogP contribution in [-0.2, 0) is 4.79 Å². The number of amides is 1. The van der Waals surface area contributed by atoms with Gasteiger partial charge in [0, 0.05) is 6.54 Å². The van der Waals surface area contributed by atoms with Gasteiger partial charge in [-0.3, -0.25) is 4.79 Å². The average molecular weight is 266 g/mol. The topological polar surface area (TPSA) is 115 Å². The maximum absolute atomic E-state index is 11.6. The van der Waals surface area contributed by atoms with E-state index in [2.05, 4.69) is 25.6 Å². The zero-order valence-corrected chi connectivity index (χ0v) is 11.0. The Kier molecular flexibility index (Phi) is 3.98. The number of carbonyl (C=O) groups is 1. The molecule has 1 fully saturated rings. The van der Waals surface area contributed by atoms with Crippen LogP contribution in [0.3, 0.4) is 0 Å². The first-order valence-electron chi connectivity index (χ1n) is 6.27. The minimum Gasteiger partial charge on any atom is -0.461 e. The summed E-state index contributed by atoms with van der Waals surface area (Å²) in [6, 6.07) is -0.191. The van der Waals surface area contributed by atoms with Crippen molar-refractivity contribution in [1.29, 1.82) is 0 Å². The number of ether oxygens (including phenoxy) is 1. The monoisotopic (exact) mass is 266 g/mol. The van der Waals surface area contributed by atoms with Gasteiger partial charge in [0.15, 0.2) is 0 Å². The van der Waals surface area contributed by atoms with Crippen LogP contribution in [0.4, 0.5) is 11.9 Å². The number of aromatic nitrogens is 3. The van der Waals surface area contributed by atoms with E-state index in [0.29, 0.717) is 6.54 Å². The Morgan fingerprint density at radius 2 is 2.21 bits per heavy atom. The molecule has 0 radical (unpaired) electrons. The fraction of sp³-hybridized carbons (Fsp3) is 0.636. The molecule has 8 nitrogen and oxygen atoms in total. The predicted molar refractivity (Wildman–Crippen MR) is 69.7 cm³/mol. The van der Waals surface area contributed by atoms with Crippen LogP contribution >= 0.6 is 0 Å². The molecule has 1 saturated heterocycles. The SMILES string of the molecule is CC(C)Oc1nc(N)nc(NC2CCCNC2=O)n1. The molecule has 104 valence electrons. The second-order valence-corrected chi connectivity index (χ2v) is 4.60. The average Bonchev–Trinajstić information content (AvgIpc) is 2.30. The van der Waals surface area contributed by atoms with Gasteiger partial charge in [-0.05, 0) is 26.7 Å². The quantitative estimate of drug-likeness (QED) is 0.698. The van der Waals surface area contributed by atoms with Gasteiger partial charge in [0.25, 0.3) is 0 Å². The maximum atomic E-state index is 11.6. The number of carbonyl (C=O) groups excluding carboxylic acids is 1. The number of rotatable bonds is 4. The van der Waals surface area contributed by atoms with Crippen molar-refractivity contribution in [2.75, 3.05) is 17.6 Å². The van der Waals surface area contributed by atoms with E-state index < -0.39 is 0 Å². The zero-order chi connectivity index (χ0) is 13.8. The van der Waals surface area contributed by atoms with Gasteiger partial charge in [-0.2, -0.15) is 15.0 Å². The molecule has 0 spiro atoms. The van der Waals surface area contributed by atoms with E-state index in [1.807, 2.05) is 13.8 Å². The number of nitrogens with zero attached hydrogens (tertiary/aromatic N) is 3. The van der Waals surface area contributed by atoms with Crippen LogP contribution in [-0.4, -0.2) is 39.5 Å². The summed E-state index contributed by atoms with van der Waals surface area (Å²) >= 11 is 0. The molecule has 0 bridgehead atoms. The smallest absolute Gasteiger partial charge is 0.323 e. The summed E-state index contributed by atoms with van der Waals surface area (Å²) in [5.74, 6) is 0.256. The lowest BCUT2D eigenvalue weighted by molar-refractivity contribution is -0.123. The highest BCUT2D eigenvalue weighted by molar-refractivity contribution is 5.84. The lowest BCUT2D eigenvalue weighted by Crippen LogP contribution is -2.44.